The van der Waals surface area contributed by atoms with Crippen molar-refractivity contribution >= 4 is 47.1 Å². The highest BCUT2D eigenvalue weighted by molar-refractivity contribution is 14.0. The molecule has 4 rings (SSSR count). The summed E-state index contributed by atoms with van der Waals surface area (Å²) in [6, 6.07) is 16.8. The van der Waals surface area contributed by atoms with Gasteiger partial charge in [-0.05, 0) is 43.0 Å². The molecule has 0 bridgehead atoms. The lowest BCUT2D eigenvalue weighted by Gasteiger charge is -2.31. The molecule has 33 heavy (non-hydrogen) atoms. The molecule has 0 unspecified atom stereocenters. The minimum absolute atomic E-state index is 0. The average Bonchev–Trinajstić information content (AvgIpc) is 3.22. The highest BCUT2D eigenvalue weighted by Crippen LogP contribution is 2.15. The topological polar surface area (TPSA) is 97.8 Å². The van der Waals surface area contributed by atoms with Gasteiger partial charge in [0.05, 0.1) is 30.5 Å². The van der Waals surface area contributed by atoms with Crippen molar-refractivity contribution in [3.8, 4) is 0 Å². The minimum Gasteiger partial charge on any atom is -0.450 e. The first-order chi connectivity index (χ1) is 15.6. The molecule has 1 aliphatic heterocycles. The maximum Gasteiger partial charge on any atom is 0.409 e. The molecular formula is C24H31IN6O2. The predicted octanol–water partition coefficient (Wildman–Crippen LogP) is 3.73. The smallest absolute Gasteiger partial charge is 0.409 e. The molecule has 1 amide bonds. The van der Waals surface area contributed by atoms with E-state index < -0.39 is 0 Å². The van der Waals surface area contributed by atoms with E-state index in [2.05, 4.69) is 50.2 Å². The first-order valence-corrected chi connectivity index (χ1v) is 11.1. The zero-order valence-electron chi connectivity index (χ0n) is 18.8. The quantitative estimate of drug-likeness (QED) is 0.271. The van der Waals surface area contributed by atoms with Crippen molar-refractivity contribution in [1.82, 2.24) is 19.8 Å². The number of piperidine rings is 1. The molecule has 1 aromatic heterocycles. The number of nitrogens with two attached hydrogens (primary N) is 1. The lowest BCUT2D eigenvalue weighted by Crippen LogP contribution is -2.48. The summed E-state index contributed by atoms with van der Waals surface area (Å²) < 4.78 is 7.21. The van der Waals surface area contributed by atoms with Gasteiger partial charge in [-0.25, -0.2) is 14.8 Å². The lowest BCUT2D eigenvalue weighted by atomic mass is 10.1. The van der Waals surface area contributed by atoms with Crippen molar-refractivity contribution < 1.29 is 9.53 Å². The van der Waals surface area contributed by atoms with Gasteiger partial charge < -0.3 is 25.3 Å². The summed E-state index contributed by atoms with van der Waals surface area (Å²) in [6.07, 6.45) is 3.29. The van der Waals surface area contributed by atoms with Gasteiger partial charge in [0.1, 0.15) is 0 Å². The molecule has 3 N–H and O–H groups in total. The number of carbonyl (C=O) groups excluding carboxylic acids is 1. The van der Waals surface area contributed by atoms with Crippen molar-refractivity contribution in [2.45, 2.75) is 38.9 Å². The highest BCUT2D eigenvalue weighted by Gasteiger charge is 2.23. The van der Waals surface area contributed by atoms with Crippen molar-refractivity contribution in [3.63, 3.8) is 0 Å². The third kappa shape index (κ3) is 6.59. The van der Waals surface area contributed by atoms with E-state index in [0.717, 1.165) is 36.0 Å². The molecule has 1 aliphatic rings. The van der Waals surface area contributed by atoms with Crippen molar-refractivity contribution in [2.75, 3.05) is 19.7 Å². The van der Waals surface area contributed by atoms with Gasteiger partial charge in [-0.1, -0.05) is 36.4 Å². The van der Waals surface area contributed by atoms with E-state index in [1.807, 2.05) is 31.5 Å². The second kappa shape index (κ2) is 11.9. The third-order valence-corrected chi connectivity index (χ3v) is 5.71. The molecule has 1 fully saturated rings. The number of ether oxygens (including phenoxy) is 1. The standard InChI is InChI=1S/C24H30N6O2.HI/c1-2-32-24(31)29-13-11-20(12-14-29)28-23(25)26-15-18-7-9-19(10-8-18)16-30-17-27-21-5-3-4-6-22(21)30;/h3-10,17,20H,2,11-16H2,1H3,(H3,25,26,28);1H. The number of aliphatic imine (C=N–C) groups is 1. The Morgan fingerprint density at radius 2 is 1.85 bits per heavy atom. The van der Waals surface area contributed by atoms with Crippen LogP contribution in [0.25, 0.3) is 11.0 Å². The number of rotatable bonds is 6. The van der Waals surface area contributed by atoms with Gasteiger partial charge in [-0.15, -0.1) is 24.0 Å². The molecule has 0 saturated carbocycles. The van der Waals surface area contributed by atoms with Crippen LogP contribution in [0.5, 0.6) is 0 Å². The van der Waals surface area contributed by atoms with Crippen LogP contribution in [0.1, 0.15) is 30.9 Å². The highest BCUT2D eigenvalue weighted by atomic mass is 127. The van der Waals surface area contributed by atoms with Gasteiger partial charge in [0.15, 0.2) is 5.96 Å². The molecule has 3 aromatic rings. The number of imidazole rings is 1. The Morgan fingerprint density at radius 3 is 2.58 bits per heavy atom. The number of benzene rings is 2. The van der Waals surface area contributed by atoms with Crippen molar-refractivity contribution in [1.29, 1.82) is 0 Å². The molecule has 9 heteroatoms. The van der Waals surface area contributed by atoms with Gasteiger partial charge in [0, 0.05) is 25.7 Å². The Labute approximate surface area is 211 Å². The summed E-state index contributed by atoms with van der Waals surface area (Å²) in [5, 5.41) is 3.28. The summed E-state index contributed by atoms with van der Waals surface area (Å²) in [6.45, 7) is 4.85. The SMILES string of the molecule is CCOC(=O)N1CCC(NC(N)=NCc2ccc(Cn3cnc4ccccc43)cc2)CC1.I. The van der Waals surface area contributed by atoms with Gasteiger partial charge in [0.2, 0.25) is 0 Å². The number of hydrogen-bond acceptors (Lipinski definition) is 4. The number of fused-ring (bicyclic) bond motifs is 1. The first kappa shape index (κ1) is 24.8. The summed E-state index contributed by atoms with van der Waals surface area (Å²) in [4.78, 5) is 22.5. The third-order valence-electron chi connectivity index (χ3n) is 5.71. The Balaban J connectivity index is 0.00000306. The fourth-order valence-corrected chi connectivity index (χ4v) is 3.94. The van der Waals surface area contributed by atoms with Gasteiger partial charge in [-0.3, -0.25) is 0 Å². The van der Waals surface area contributed by atoms with Crippen LogP contribution in [0.4, 0.5) is 4.79 Å². The number of nitrogens with zero attached hydrogens (tertiary/aromatic N) is 4. The second-order valence-corrected chi connectivity index (χ2v) is 7.98. The van der Waals surface area contributed by atoms with Gasteiger partial charge in [-0.2, -0.15) is 0 Å². The zero-order valence-corrected chi connectivity index (χ0v) is 21.1. The summed E-state index contributed by atoms with van der Waals surface area (Å²) in [7, 11) is 0. The lowest BCUT2D eigenvalue weighted by molar-refractivity contribution is 0.0963. The van der Waals surface area contributed by atoms with E-state index in [4.69, 9.17) is 10.5 Å². The number of hydrogen-bond donors (Lipinski definition) is 2. The Bertz CT molecular complexity index is 1070. The number of halogens is 1. The number of likely N-dealkylation sites (tertiary alicyclic amines) is 1. The van der Waals surface area contributed by atoms with Crippen LogP contribution < -0.4 is 11.1 Å². The van der Waals surface area contributed by atoms with E-state index in [1.54, 1.807) is 4.90 Å². The van der Waals surface area contributed by atoms with Gasteiger partial charge >= 0.3 is 6.09 Å². The number of guanidine groups is 1. The number of aromatic nitrogens is 2. The number of amides is 1. The van der Waals surface area contributed by atoms with Crippen LogP contribution in [0.2, 0.25) is 0 Å². The Kier molecular flexibility index (Phi) is 8.93. The summed E-state index contributed by atoms with van der Waals surface area (Å²) >= 11 is 0. The number of nitrogens with one attached hydrogen (secondary N) is 1. The average molecular weight is 562 g/mol. The fourth-order valence-electron chi connectivity index (χ4n) is 3.94. The molecule has 8 nitrogen and oxygen atoms in total. The number of carbonyl (C=O) groups is 1. The minimum atomic E-state index is -0.239. The fraction of sp³-hybridized carbons (Fsp3) is 0.375. The molecule has 176 valence electrons. The summed E-state index contributed by atoms with van der Waals surface area (Å²) in [5.74, 6) is 0.438. The van der Waals surface area contributed by atoms with Crippen LogP contribution in [0, 0.1) is 0 Å². The number of para-hydroxylation sites is 2. The van der Waals surface area contributed by atoms with E-state index in [-0.39, 0.29) is 36.1 Å². The largest absolute Gasteiger partial charge is 0.450 e. The van der Waals surface area contributed by atoms with E-state index in [1.165, 1.54) is 5.56 Å². The monoisotopic (exact) mass is 562 g/mol. The first-order valence-electron chi connectivity index (χ1n) is 11.1. The maximum absolute atomic E-state index is 11.8. The van der Waals surface area contributed by atoms with Crippen LogP contribution in [0.3, 0.4) is 0 Å². The molecule has 0 radical (unpaired) electrons. The van der Waals surface area contributed by atoms with Crippen LogP contribution in [-0.2, 0) is 17.8 Å². The molecule has 0 atom stereocenters. The second-order valence-electron chi connectivity index (χ2n) is 7.98. The van der Waals surface area contributed by atoms with Crippen molar-refractivity contribution in [2.24, 2.45) is 10.7 Å². The predicted molar refractivity (Wildman–Crippen MR) is 141 cm³/mol. The maximum atomic E-state index is 11.8. The molecule has 1 saturated heterocycles. The van der Waals surface area contributed by atoms with Gasteiger partial charge in [0.25, 0.3) is 0 Å². The Hall–Kier alpha value is -2.82. The molecule has 0 spiro atoms. The molecule has 2 aromatic carbocycles. The van der Waals surface area contributed by atoms with E-state index in [0.29, 0.717) is 32.2 Å². The van der Waals surface area contributed by atoms with Crippen LogP contribution >= 0.6 is 24.0 Å². The molecule has 2 heterocycles. The van der Waals surface area contributed by atoms with Crippen LogP contribution in [-0.4, -0.2) is 52.2 Å². The summed E-state index contributed by atoms with van der Waals surface area (Å²) in [5.41, 5.74) is 10.5. The molecule has 0 aliphatic carbocycles. The molecular weight excluding hydrogens is 531 g/mol. The van der Waals surface area contributed by atoms with Crippen LogP contribution in [0.15, 0.2) is 59.9 Å². The van der Waals surface area contributed by atoms with E-state index >= 15 is 0 Å². The zero-order chi connectivity index (χ0) is 22.3. The normalized spacial score (nSPS) is 14.7. The Morgan fingerprint density at radius 1 is 1.15 bits per heavy atom. The van der Waals surface area contributed by atoms with Crippen molar-refractivity contribution in [3.05, 3.63) is 66.0 Å². The van der Waals surface area contributed by atoms with E-state index in [9.17, 15) is 4.79 Å².